The first-order valence-electron chi connectivity index (χ1n) is 6.23. The number of benzene rings is 1. The van der Waals surface area contributed by atoms with Gasteiger partial charge in [-0.3, -0.25) is 14.5 Å². The first-order chi connectivity index (χ1) is 8.98. The van der Waals surface area contributed by atoms with Gasteiger partial charge in [0, 0.05) is 0 Å². The molecule has 3 rings (SSSR count). The van der Waals surface area contributed by atoms with Crippen molar-refractivity contribution >= 4 is 11.8 Å². The van der Waals surface area contributed by atoms with Crippen molar-refractivity contribution < 1.29 is 19.1 Å². The molecule has 0 aliphatic carbocycles. The second kappa shape index (κ2) is 4.15. The van der Waals surface area contributed by atoms with Gasteiger partial charge in [0.1, 0.15) is 0 Å². The van der Waals surface area contributed by atoms with Gasteiger partial charge in [0.2, 0.25) is 0 Å². The number of hydrogen-bond donors (Lipinski definition) is 0. The van der Waals surface area contributed by atoms with Crippen molar-refractivity contribution in [2.75, 3.05) is 0 Å². The maximum absolute atomic E-state index is 12.2. The molecule has 0 bridgehead atoms. The normalized spacial score (nSPS) is 28.8. The van der Waals surface area contributed by atoms with Gasteiger partial charge in [0.25, 0.3) is 11.8 Å². The standard InChI is InChI=1S/C14H15NO4/c1-14(2)18-10-11(19-14)13(17)15(12(10)16)8-9-6-4-3-5-7-9/h3-7,10-11H,8H2,1-2H3/t10-,11+. The van der Waals surface area contributed by atoms with Crippen LogP contribution < -0.4 is 0 Å². The number of nitrogens with zero attached hydrogens (tertiary/aromatic N) is 1. The number of likely N-dealkylation sites (tertiary alicyclic amines) is 1. The van der Waals surface area contributed by atoms with E-state index in [4.69, 9.17) is 9.47 Å². The third kappa shape index (κ3) is 2.05. The van der Waals surface area contributed by atoms with E-state index >= 15 is 0 Å². The molecule has 0 spiro atoms. The van der Waals surface area contributed by atoms with Gasteiger partial charge in [-0.05, 0) is 19.4 Å². The highest BCUT2D eigenvalue weighted by Crippen LogP contribution is 2.35. The van der Waals surface area contributed by atoms with Crippen LogP contribution in [0, 0.1) is 0 Å². The number of carbonyl (C=O) groups is 2. The fraction of sp³-hybridized carbons (Fsp3) is 0.429. The summed E-state index contributed by atoms with van der Waals surface area (Å²) in [6, 6.07) is 9.38. The topological polar surface area (TPSA) is 55.8 Å². The summed E-state index contributed by atoms with van der Waals surface area (Å²) in [6.07, 6.45) is -1.60. The lowest BCUT2D eigenvalue weighted by atomic mass is 10.2. The molecule has 0 unspecified atom stereocenters. The van der Waals surface area contributed by atoms with Crippen molar-refractivity contribution in [3.05, 3.63) is 35.9 Å². The van der Waals surface area contributed by atoms with Gasteiger partial charge < -0.3 is 9.47 Å². The monoisotopic (exact) mass is 261 g/mol. The van der Waals surface area contributed by atoms with E-state index in [0.29, 0.717) is 0 Å². The van der Waals surface area contributed by atoms with Crippen LogP contribution in [0.3, 0.4) is 0 Å². The highest BCUT2D eigenvalue weighted by atomic mass is 16.8. The van der Waals surface area contributed by atoms with E-state index in [-0.39, 0.29) is 18.4 Å². The summed E-state index contributed by atoms with van der Waals surface area (Å²) in [4.78, 5) is 25.6. The van der Waals surface area contributed by atoms with Crippen molar-refractivity contribution in [1.29, 1.82) is 0 Å². The summed E-state index contributed by atoms with van der Waals surface area (Å²) in [5.41, 5.74) is 0.906. The van der Waals surface area contributed by atoms with Crippen molar-refractivity contribution in [2.45, 2.75) is 38.4 Å². The van der Waals surface area contributed by atoms with Gasteiger partial charge in [-0.15, -0.1) is 0 Å². The van der Waals surface area contributed by atoms with Gasteiger partial charge >= 0.3 is 0 Å². The zero-order valence-corrected chi connectivity index (χ0v) is 10.8. The van der Waals surface area contributed by atoms with Gasteiger partial charge in [0.15, 0.2) is 18.0 Å². The number of carbonyl (C=O) groups excluding carboxylic acids is 2. The summed E-state index contributed by atoms with van der Waals surface area (Å²) < 4.78 is 11.0. The molecule has 0 N–H and O–H groups in total. The Morgan fingerprint density at radius 3 is 2.11 bits per heavy atom. The van der Waals surface area contributed by atoms with Gasteiger partial charge in [-0.1, -0.05) is 30.3 Å². The van der Waals surface area contributed by atoms with E-state index in [1.807, 2.05) is 30.3 Å². The highest BCUT2D eigenvalue weighted by Gasteiger charge is 2.57. The Hall–Kier alpha value is -1.72. The van der Waals surface area contributed by atoms with Crippen LogP contribution in [0.4, 0.5) is 0 Å². The van der Waals surface area contributed by atoms with Crippen LogP contribution in [0.25, 0.3) is 0 Å². The van der Waals surface area contributed by atoms with Crippen LogP contribution in [0.15, 0.2) is 30.3 Å². The minimum atomic E-state index is -0.876. The summed E-state index contributed by atoms with van der Waals surface area (Å²) in [6.45, 7) is 3.67. The number of ether oxygens (including phenoxy) is 2. The van der Waals surface area contributed by atoms with Gasteiger partial charge in [0.05, 0.1) is 6.54 Å². The molecule has 2 fully saturated rings. The van der Waals surface area contributed by atoms with Gasteiger partial charge in [-0.25, -0.2) is 0 Å². The Labute approximate surface area is 111 Å². The van der Waals surface area contributed by atoms with E-state index in [0.717, 1.165) is 5.56 Å². The van der Waals surface area contributed by atoms with Crippen molar-refractivity contribution in [1.82, 2.24) is 4.90 Å². The molecule has 2 saturated heterocycles. The zero-order chi connectivity index (χ0) is 13.6. The molecular formula is C14H15NO4. The van der Waals surface area contributed by atoms with Gasteiger partial charge in [-0.2, -0.15) is 0 Å². The number of imide groups is 1. The van der Waals surface area contributed by atoms with E-state index in [9.17, 15) is 9.59 Å². The predicted molar refractivity (Wildman–Crippen MR) is 65.8 cm³/mol. The quantitative estimate of drug-likeness (QED) is 0.747. The number of amides is 2. The lowest BCUT2D eigenvalue weighted by molar-refractivity contribution is -0.175. The molecule has 2 amide bonds. The first kappa shape index (κ1) is 12.3. The summed E-state index contributed by atoms with van der Waals surface area (Å²) in [5.74, 6) is -1.51. The molecule has 100 valence electrons. The lowest BCUT2D eigenvalue weighted by Crippen LogP contribution is -2.36. The maximum atomic E-state index is 12.2. The smallest absolute Gasteiger partial charge is 0.262 e. The van der Waals surface area contributed by atoms with E-state index < -0.39 is 18.0 Å². The predicted octanol–water partition coefficient (Wildman–Crippen LogP) is 1.08. The first-order valence-corrected chi connectivity index (χ1v) is 6.23. The summed E-state index contributed by atoms with van der Waals surface area (Å²) in [5, 5.41) is 0. The molecule has 2 heterocycles. The molecular weight excluding hydrogens is 246 g/mol. The molecule has 0 saturated carbocycles. The minimum absolute atomic E-state index is 0.263. The Morgan fingerprint density at radius 2 is 1.58 bits per heavy atom. The lowest BCUT2D eigenvalue weighted by Gasteiger charge is -2.21. The van der Waals surface area contributed by atoms with Crippen LogP contribution >= 0.6 is 0 Å². The van der Waals surface area contributed by atoms with Crippen LogP contribution in [0.1, 0.15) is 19.4 Å². The third-order valence-corrected chi connectivity index (χ3v) is 3.30. The zero-order valence-electron chi connectivity index (χ0n) is 10.8. The second-order valence-corrected chi connectivity index (χ2v) is 5.22. The third-order valence-electron chi connectivity index (χ3n) is 3.30. The Bertz CT molecular complexity index is 500. The highest BCUT2D eigenvalue weighted by molar-refractivity contribution is 6.08. The molecule has 0 aromatic heterocycles. The van der Waals surface area contributed by atoms with Crippen molar-refractivity contribution in [3.8, 4) is 0 Å². The molecule has 5 nitrogen and oxygen atoms in total. The van der Waals surface area contributed by atoms with Crippen molar-refractivity contribution in [3.63, 3.8) is 0 Å². The molecule has 19 heavy (non-hydrogen) atoms. The average molecular weight is 261 g/mol. The average Bonchev–Trinajstić information content (AvgIpc) is 2.80. The van der Waals surface area contributed by atoms with E-state index in [2.05, 4.69) is 0 Å². The largest absolute Gasteiger partial charge is 0.334 e. The molecule has 2 aliphatic rings. The molecule has 0 radical (unpaired) electrons. The summed E-state index contributed by atoms with van der Waals surface area (Å²) >= 11 is 0. The molecule has 2 atom stereocenters. The van der Waals surface area contributed by atoms with Crippen molar-refractivity contribution in [2.24, 2.45) is 0 Å². The summed E-state index contributed by atoms with van der Waals surface area (Å²) in [7, 11) is 0. The Morgan fingerprint density at radius 1 is 1.05 bits per heavy atom. The molecule has 1 aromatic rings. The van der Waals surface area contributed by atoms with Crippen LogP contribution in [0.2, 0.25) is 0 Å². The fourth-order valence-corrected chi connectivity index (χ4v) is 2.46. The van der Waals surface area contributed by atoms with E-state index in [1.54, 1.807) is 13.8 Å². The van der Waals surface area contributed by atoms with E-state index in [1.165, 1.54) is 4.90 Å². The Kier molecular flexibility index (Phi) is 2.69. The fourth-order valence-electron chi connectivity index (χ4n) is 2.46. The molecule has 1 aromatic carbocycles. The van der Waals surface area contributed by atoms with Crippen LogP contribution in [0.5, 0.6) is 0 Å². The van der Waals surface area contributed by atoms with Crippen LogP contribution in [-0.2, 0) is 25.6 Å². The minimum Gasteiger partial charge on any atom is -0.334 e. The SMILES string of the molecule is CC1(C)O[C@@H]2C(=O)N(Cc3ccccc3)C(=O)[C@@H]2O1. The molecule has 5 heteroatoms. The Balaban J connectivity index is 1.80. The molecule has 2 aliphatic heterocycles. The number of rotatable bonds is 2. The maximum Gasteiger partial charge on any atom is 0.262 e. The second-order valence-electron chi connectivity index (χ2n) is 5.22. The number of fused-ring (bicyclic) bond motifs is 1. The number of hydrogen-bond acceptors (Lipinski definition) is 4. The van der Waals surface area contributed by atoms with Crippen LogP contribution in [-0.4, -0.2) is 34.7 Å².